The van der Waals surface area contributed by atoms with Crippen LogP contribution in [0.25, 0.3) is 10.2 Å². The number of carbonyl (C=O) groups is 2. The van der Waals surface area contributed by atoms with Crippen molar-refractivity contribution in [2.45, 2.75) is 26.3 Å². The van der Waals surface area contributed by atoms with Crippen LogP contribution in [-0.4, -0.2) is 47.5 Å². The number of carbonyl (C=O) groups excluding carboxylic acids is 2. The lowest BCUT2D eigenvalue weighted by Gasteiger charge is -2.29. The second-order valence-electron chi connectivity index (χ2n) is 9.30. The normalized spacial score (nSPS) is 17.2. The van der Waals surface area contributed by atoms with Gasteiger partial charge in [0.25, 0.3) is 5.91 Å². The van der Waals surface area contributed by atoms with Crippen molar-refractivity contribution in [3.8, 4) is 11.5 Å². The Morgan fingerprint density at radius 2 is 2.00 bits per heavy atom. The van der Waals surface area contributed by atoms with Crippen molar-refractivity contribution in [2.24, 2.45) is 0 Å². The molecule has 0 saturated carbocycles. The molecule has 2 aromatic heterocycles. The lowest BCUT2D eigenvalue weighted by Crippen LogP contribution is -2.38. The minimum absolute atomic E-state index is 0.104. The zero-order valence-electron chi connectivity index (χ0n) is 20.7. The van der Waals surface area contributed by atoms with Crippen LogP contribution in [0.3, 0.4) is 0 Å². The van der Waals surface area contributed by atoms with Crippen molar-refractivity contribution >= 4 is 50.6 Å². The highest BCUT2D eigenvalue weighted by atomic mass is 32.1. The fourth-order valence-corrected chi connectivity index (χ4v) is 6.06. The summed E-state index contributed by atoms with van der Waals surface area (Å²) in [6, 6.07) is 16.8. The van der Waals surface area contributed by atoms with Crippen LogP contribution in [0.2, 0.25) is 0 Å². The molecule has 1 saturated heterocycles. The number of nitrogens with zero attached hydrogens (tertiary/aromatic N) is 3. The molecule has 9 heteroatoms. The number of likely N-dealkylation sites (tertiary alicyclic amines) is 1. The fourth-order valence-electron chi connectivity index (χ4n) is 5.04. The van der Waals surface area contributed by atoms with Crippen LogP contribution in [0, 0.1) is 6.92 Å². The van der Waals surface area contributed by atoms with Gasteiger partial charge in [0.05, 0.1) is 22.4 Å². The number of aryl methyl sites for hydroxylation is 1. The summed E-state index contributed by atoms with van der Waals surface area (Å²) in [5, 5.41) is 6.92. The average molecular weight is 514 g/mol. The first-order valence-electron chi connectivity index (χ1n) is 12.4. The van der Waals surface area contributed by atoms with Crippen molar-refractivity contribution in [3.05, 3.63) is 71.2 Å². The number of thiophene rings is 1. The highest BCUT2D eigenvalue weighted by Crippen LogP contribution is 2.46. The molecule has 2 N–H and O–H groups in total. The topological polar surface area (TPSA) is 86.8 Å². The Morgan fingerprint density at radius 1 is 1.16 bits per heavy atom. The summed E-state index contributed by atoms with van der Waals surface area (Å²) in [7, 11) is 0. The molecule has 0 spiro atoms. The number of nitrogens with one attached hydrogen (secondary N) is 2. The van der Waals surface area contributed by atoms with Gasteiger partial charge in [-0.2, -0.15) is 0 Å². The molecule has 1 atom stereocenters. The van der Waals surface area contributed by atoms with Gasteiger partial charge >= 0.3 is 6.03 Å². The molecule has 2 aliphatic heterocycles. The Kier molecular flexibility index (Phi) is 6.02. The molecule has 6 rings (SSSR count). The van der Waals surface area contributed by atoms with E-state index in [1.54, 1.807) is 11.1 Å². The zero-order valence-corrected chi connectivity index (χ0v) is 21.5. The van der Waals surface area contributed by atoms with E-state index in [0.29, 0.717) is 26.8 Å². The predicted molar refractivity (Wildman–Crippen MR) is 146 cm³/mol. The van der Waals surface area contributed by atoms with Gasteiger partial charge in [0.2, 0.25) is 0 Å². The number of aromatic nitrogens is 1. The summed E-state index contributed by atoms with van der Waals surface area (Å²) in [4.78, 5) is 36.4. The van der Waals surface area contributed by atoms with Crippen LogP contribution >= 0.6 is 11.3 Å². The Hall–Kier alpha value is -3.95. The van der Waals surface area contributed by atoms with Crippen LogP contribution in [0.1, 0.15) is 28.6 Å². The number of ether oxygens (including phenoxy) is 1. The maximum Gasteiger partial charge on any atom is 0.331 e. The minimum atomic E-state index is -0.315. The highest BCUT2D eigenvalue weighted by Gasteiger charge is 2.34. The first-order valence-corrected chi connectivity index (χ1v) is 13.2. The minimum Gasteiger partial charge on any atom is -0.457 e. The Labute approximate surface area is 218 Å². The molecular formula is C28H27N5O3S. The Balaban J connectivity index is 1.32. The zero-order chi connectivity index (χ0) is 25.5. The predicted octanol–water partition coefficient (Wildman–Crippen LogP) is 5.90. The molecule has 8 nitrogen and oxygen atoms in total. The number of pyridine rings is 1. The van der Waals surface area contributed by atoms with Crippen molar-refractivity contribution in [2.75, 3.05) is 29.9 Å². The van der Waals surface area contributed by atoms with Gasteiger partial charge in [-0.05, 0) is 61.9 Å². The van der Waals surface area contributed by atoms with E-state index in [2.05, 4.69) is 27.4 Å². The van der Waals surface area contributed by atoms with Gasteiger partial charge in [-0.15, -0.1) is 11.3 Å². The molecule has 0 aliphatic carbocycles. The molecule has 37 heavy (non-hydrogen) atoms. The van der Waals surface area contributed by atoms with Crippen LogP contribution in [-0.2, 0) is 0 Å². The molecule has 2 aliphatic rings. The van der Waals surface area contributed by atoms with E-state index in [-0.39, 0.29) is 18.0 Å². The maximum absolute atomic E-state index is 13.5. The molecule has 0 bridgehead atoms. The van der Waals surface area contributed by atoms with Gasteiger partial charge in [-0.3, -0.25) is 9.69 Å². The Bertz CT molecular complexity index is 1500. The number of hydrogen-bond donors (Lipinski definition) is 2. The quantitative estimate of drug-likeness (QED) is 0.335. The number of likely N-dealkylation sites (N-methyl/N-ethyl adjacent to an activating group) is 1. The number of para-hydroxylation sites is 1. The molecule has 4 heterocycles. The third-order valence-corrected chi connectivity index (χ3v) is 7.99. The standard InChI is InChI=1S/C28H27N5O3S/c1-3-32-14-12-18(16-32)30-26(34)25-24-23-22(11-13-29-27(23)37-25)33(28(35)31-24)21-10-9-20(15-17(21)2)36-19-7-5-4-6-8-19/h4-11,13,15,18H,3,12,14,16H2,1-2H3,(H,30,34)(H,31,35)/t18-/m1/s1. The van der Waals surface area contributed by atoms with Crippen molar-refractivity contribution in [3.63, 3.8) is 0 Å². The smallest absolute Gasteiger partial charge is 0.331 e. The van der Waals surface area contributed by atoms with E-state index in [4.69, 9.17) is 4.74 Å². The molecule has 0 unspecified atom stereocenters. The van der Waals surface area contributed by atoms with Gasteiger partial charge in [0, 0.05) is 25.3 Å². The summed E-state index contributed by atoms with van der Waals surface area (Å²) in [5.74, 6) is 1.27. The van der Waals surface area contributed by atoms with E-state index in [1.807, 2.05) is 61.5 Å². The van der Waals surface area contributed by atoms with Crippen LogP contribution in [0.4, 0.5) is 21.9 Å². The molecule has 0 radical (unpaired) electrons. The fraction of sp³-hybridized carbons (Fsp3) is 0.250. The third kappa shape index (κ3) is 4.30. The van der Waals surface area contributed by atoms with E-state index in [0.717, 1.165) is 48.4 Å². The lowest BCUT2D eigenvalue weighted by atomic mass is 10.1. The first kappa shape index (κ1) is 23.4. The van der Waals surface area contributed by atoms with Crippen LogP contribution < -0.4 is 20.3 Å². The summed E-state index contributed by atoms with van der Waals surface area (Å²) in [6.07, 6.45) is 2.61. The van der Waals surface area contributed by atoms with Crippen molar-refractivity contribution < 1.29 is 14.3 Å². The summed E-state index contributed by atoms with van der Waals surface area (Å²) in [6.45, 7) is 6.86. The van der Waals surface area contributed by atoms with Gasteiger partial charge in [-0.1, -0.05) is 25.1 Å². The number of rotatable bonds is 6. The van der Waals surface area contributed by atoms with E-state index in [9.17, 15) is 9.59 Å². The van der Waals surface area contributed by atoms with Crippen molar-refractivity contribution in [1.29, 1.82) is 0 Å². The number of hydrogen-bond acceptors (Lipinski definition) is 6. The van der Waals surface area contributed by atoms with E-state index < -0.39 is 0 Å². The number of urea groups is 1. The third-order valence-electron chi connectivity index (χ3n) is 6.90. The average Bonchev–Trinajstić information content (AvgIpc) is 3.51. The maximum atomic E-state index is 13.5. The number of benzene rings is 2. The van der Waals surface area contributed by atoms with Gasteiger partial charge in [0.1, 0.15) is 21.2 Å². The van der Waals surface area contributed by atoms with E-state index >= 15 is 0 Å². The van der Waals surface area contributed by atoms with Gasteiger partial charge in [0.15, 0.2) is 0 Å². The number of amides is 3. The summed E-state index contributed by atoms with van der Waals surface area (Å²) >= 11 is 1.31. The molecule has 3 amide bonds. The highest BCUT2D eigenvalue weighted by molar-refractivity contribution is 7.21. The first-order chi connectivity index (χ1) is 18.0. The Morgan fingerprint density at radius 3 is 2.76 bits per heavy atom. The second-order valence-corrected chi connectivity index (χ2v) is 10.3. The van der Waals surface area contributed by atoms with E-state index in [1.165, 1.54) is 11.3 Å². The molecular weight excluding hydrogens is 486 g/mol. The molecule has 4 aromatic rings. The summed E-state index contributed by atoms with van der Waals surface area (Å²) in [5.41, 5.74) is 2.86. The second kappa shape index (κ2) is 9.49. The summed E-state index contributed by atoms with van der Waals surface area (Å²) < 4.78 is 5.97. The van der Waals surface area contributed by atoms with Crippen LogP contribution in [0.5, 0.6) is 11.5 Å². The molecule has 1 fully saturated rings. The molecule has 188 valence electrons. The molecule has 2 aromatic carbocycles. The van der Waals surface area contributed by atoms with Crippen LogP contribution in [0.15, 0.2) is 60.8 Å². The SMILES string of the molecule is CCN1CC[C@@H](NC(=O)c2sc3nccc4c3c2NC(=O)N4c2ccc(Oc3ccccc3)cc2C)C1. The number of anilines is 3. The van der Waals surface area contributed by atoms with Gasteiger partial charge in [-0.25, -0.2) is 9.78 Å². The largest absolute Gasteiger partial charge is 0.457 e. The van der Waals surface area contributed by atoms with Gasteiger partial charge < -0.3 is 20.3 Å². The lowest BCUT2D eigenvalue weighted by molar-refractivity contribution is 0.0943. The monoisotopic (exact) mass is 513 g/mol. The van der Waals surface area contributed by atoms with Crippen molar-refractivity contribution in [1.82, 2.24) is 15.2 Å².